The van der Waals surface area contributed by atoms with Crippen LogP contribution in [-0.2, 0) is 19.4 Å². The van der Waals surface area contributed by atoms with E-state index in [0.717, 1.165) is 30.6 Å². The molecule has 1 aliphatic heterocycles. The van der Waals surface area contributed by atoms with E-state index < -0.39 is 5.97 Å². The second-order valence-corrected chi connectivity index (χ2v) is 4.78. The van der Waals surface area contributed by atoms with E-state index in [9.17, 15) is 4.79 Å². The van der Waals surface area contributed by atoms with Gasteiger partial charge >= 0.3 is 5.97 Å². The van der Waals surface area contributed by atoms with Crippen molar-refractivity contribution in [3.63, 3.8) is 0 Å². The van der Waals surface area contributed by atoms with Crippen LogP contribution in [0.3, 0.4) is 0 Å². The summed E-state index contributed by atoms with van der Waals surface area (Å²) in [5.74, 6) is 0.411. The van der Waals surface area contributed by atoms with E-state index in [1.54, 1.807) is 12.1 Å². The third kappa shape index (κ3) is 2.24. The molecule has 0 spiro atoms. The average Bonchev–Trinajstić information content (AvgIpc) is 3.06. The van der Waals surface area contributed by atoms with Gasteiger partial charge in [0.15, 0.2) is 5.82 Å². The summed E-state index contributed by atoms with van der Waals surface area (Å²) in [4.78, 5) is 17.4. The highest BCUT2D eigenvalue weighted by atomic mass is 16.5. The summed E-state index contributed by atoms with van der Waals surface area (Å²) in [5.41, 5.74) is 2.43. The van der Waals surface area contributed by atoms with E-state index in [-0.39, 0.29) is 0 Å². The molecule has 2 heterocycles. The van der Waals surface area contributed by atoms with E-state index in [1.165, 1.54) is 0 Å². The monoisotopic (exact) mass is 273 g/mol. The molecule has 6 heteroatoms. The van der Waals surface area contributed by atoms with Crippen molar-refractivity contribution >= 4 is 11.7 Å². The number of nitrogens with zero attached hydrogens (tertiary/aromatic N) is 3. The lowest BCUT2D eigenvalue weighted by Gasteiger charge is -2.16. The van der Waals surface area contributed by atoms with Gasteiger partial charge in [-0.1, -0.05) is 12.1 Å². The molecule has 0 radical (unpaired) electrons. The lowest BCUT2D eigenvalue weighted by Crippen LogP contribution is -2.19. The number of carboxylic acids is 1. The highest BCUT2D eigenvalue weighted by molar-refractivity contribution is 5.88. The molecule has 1 aliphatic rings. The number of hydrogen-bond donors (Lipinski definition) is 1. The Balaban J connectivity index is 1.80. The SMILES string of the molecule is CCc1noc(CN2CCc3cc(C(=O)O)ccc32)n1. The molecule has 0 atom stereocenters. The number of carbonyl (C=O) groups is 1. The van der Waals surface area contributed by atoms with E-state index in [1.807, 2.05) is 13.0 Å². The largest absolute Gasteiger partial charge is 0.478 e. The van der Waals surface area contributed by atoms with Gasteiger partial charge in [-0.3, -0.25) is 0 Å². The van der Waals surface area contributed by atoms with Crippen molar-refractivity contribution in [3.05, 3.63) is 41.0 Å². The first-order valence-electron chi connectivity index (χ1n) is 6.60. The molecule has 1 N–H and O–H groups in total. The molecule has 0 saturated carbocycles. The molecule has 0 aliphatic carbocycles. The van der Waals surface area contributed by atoms with Crippen LogP contribution in [-0.4, -0.2) is 27.8 Å². The van der Waals surface area contributed by atoms with Crippen LogP contribution in [0.5, 0.6) is 0 Å². The summed E-state index contributed by atoms with van der Waals surface area (Å²) in [6, 6.07) is 5.22. The van der Waals surface area contributed by atoms with Gasteiger partial charge in [-0.15, -0.1) is 0 Å². The lowest BCUT2D eigenvalue weighted by atomic mass is 10.1. The van der Waals surface area contributed by atoms with Gasteiger partial charge in [0, 0.05) is 18.7 Å². The van der Waals surface area contributed by atoms with Gasteiger partial charge in [0.05, 0.1) is 12.1 Å². The molecular weight excluding hydrogens is 258 g/mol. The van der Waals surface area contributed by atoms with Crippen molar-refractivity contribution in [1.29, 1.82) is 0 Å². The molecule has 104 valence electrons. The van der Waals surface area contributed by atoms with Gasteiger partial charge < -0.3 is 14.5 Å². The molecule has 0 saturated heterocycles. The fourth-order valence-corrected chi connectivity index (χ4v) is 2.43. The average molecular weight is 273 g/mol. The zero-order valence-corrected chi connectivity index (χ0v) is 11.2. The van der Waals surface area contributed by atoms with Crippen LogP contribution in [0.1, 0.15) is 34.6 Å². The van der Waals surface area contributed by atoms with Gasteiger partial charge in [-0.2, -0.15) is 4.98 Å². The molecule has 0 bridgehead atoms. The number of aromatic carboxylic acids is 1. The summed E-state index contributed by atoms with van der Waals surface area (Å²) < 4.78 is 5.20. The Hall–Kier alpha value is -2.37. The van der Waals surface area contributed by atoms with Crippen LogP contribution < -0.4 is 4.90 Å². The number of rotatable bonds is 4. The number of benzene rings is 1. The van der Waals surface area contributed by atoms with E-state index >= 15 is 0 Å². The van der Waals surface area contributed by atoms with Crippen LogP contribution in [0.4, 0.5) is 5.69 Å². The van der Waals surface area contributed by atoms with Crippen molar-refractivity contribution in [2.24, 2.45) is 0 Å². The Morgan fingerprint density at radius 3 is 3.05 bits per heavy atom. The minimum absolute atomic E-state index is 0.330. The molecule has 1 aromatic carbocycles. The standard InChI is InChI=1S/C14H15N3O3/c1-2-12-15-13(20-16-12)8-17-6-5-9-7-10(14(18)19)3-4-11(9)17/h3-4,7H,2,5-6,8H2,1H3,(H,18,19). The first kappa shape index (κ1) is 12.7. The first-order valence-corrected chi connectivity index (χ1v) is 6.60. The molecule has 3 rings (SSSR count). The van der Waals surface area contributed by atoms with Crippen molar-refractivity contribution in [3.8, 4) is 0 Å². The van der Waals surface area contributed by atoms with Gasteiger partial charge in [0.2, 0.25) is 5.89 Å². The second kappa shape index (κ2) is 4.96. The number of aromatic nitrogens is 2. The van der Waals surface area contributed by atoms with Gasteiger partial charge in [-0.25, -0.2) is 4.79 Å². The third-order valence-corrected chi connectivity index (χ3v) is 3.47. The molecule has 20 heavy (non-hydrogen) atoms. The van der Waals surface area contributed by atoms with Crippen molar-refractivity contribution in [2.75, 3.05) is 11.4 Å². The summed E-state index contributed by atoms with van der Waals surface area (Å²) in [7, 11) is 0. The predicted molar refractivity (Wildman–Crippen MR) is 71.8 cm³/mol. The molecule has 6 nitrogen and oxygen atoms in total. The van der Waals surface area contributed by atoms with E-state index in [0.29, 0.717) is 23.8 Å². The molecular formula is C14H15N3O3. The van der Waals surface area contributed by atoms with E-state index in [2.05, 4.69) is 15.0 Å². The van der Waals surface area contributed by atoms with Gasteiger partial charge in [0.25, 0.3) is 0 Å². The van der Waals surface area contributed by atoms with Crippen LogP contribution >= 0.6 is 0 Å². The number of aryl methyl sites for hydroxylation is 1. The van der Waals surface area contributed by atoms with Crippen molar-refractivity contribution in [1.82, 2.24) is 10.1 Å². The maximum atomic E-state index is 11.0. The molecule has 0 amide bonds. The Morgan fingerprint density at radius 1 is 1.50 bits per heavy atom. The number of fused-ring (bicyclic) bond motifs is 1. The zero-order chi connectivity index (χ0) is 14.1. The van der Waals surface area contributed by atoms with Crippen LogP contribution in [0, 0.1) is 0 Å². The fourth-order valence-electron chi connectivity index (χ4n) is 2.43. The summed E-state index contributed by atoms with van der Waals surface area (Å²) >= 11 is 0. The minimum Gasteiger partial charge on any atom is -0.478 e. The van der Waals surface area contributed by atoms with Crippen molar-refractivity contribution < 1.29 is 14.4 Å². The third-order valence-electron chi connectivity index (χ3n) is 3.47. The second-order valence-electron chi connectivity index (χ2n) is 4.78. The summed E-state index contributed by atoms with van der Waals surface area (Å²) in [6.45, 7) is 3.38. The maximum absolute atomic E-state index is 11.0. The molecule has 2 aromatic rings. The Bertz CT molecular complexity index is 651. The maximum Gasteiger partial charge on any atom is 0.335 e. The molecule has 0 unspecified atom stereocenters. The molecule has 0 fully saturated rings. The zero-order valence-electron chi connectivity index (χ0n) is 11.2. The number of hydrogen-bond acceptors (Lipinski definition) is 5. The Morgan fingerprint density at radius 2 is 2.35 bits per heavy atom. The summed E-state index contributed by atoms with van der Waals surface area (Å²) in [6.07, 6.45) is 1.59. The topological polar surface area (TPSA) is 79.5 Å². The Kier molecular flexibility index (Phi) is 3.14. The fraction of sp³-hybridized carbons (Fsp3) is 0.357. The number of carboxylic acid groups (broad SMARTS) is 1. The van der Waals surface area contributed by atoms with Crippen LogP contribution in [0.2, 0.25) is 0 Å². The smallest absolute Gasteiger partial charge is 0.335 e. The lowest BCUT2D eigenvalue weighted by molar-refractivity contribution is 0.0697. The van der Waals surface area contributed by atoms with Crippen LogP contribution in [0.15, 0.2) is 22.7 Å². The normalized spacial score (nSPS) is 13.6. The quantitative estimate of drug-likeness (QED) is 0.916. The van der Waals surface area contributed by atoms with Gasteiger partial charge in [0.1, 0.15) is 0 Å². The highest BCUT2D eigenvalue weighted by Crippen LogP contribution is 2.29. The highest BCUT2D eigenvalue weighted by Gasteiger charge is 2.22. The predicted octanol–water partition coefficient (Wildman–Crippen LogP) is 1.89. The van der Waals surface area contributed by atoms with Gasteiger partial charge in [-0.05, 0) is 30.2 Å². The minimum atomic E-state index is -0.893. The number of anilines is 1. The summed E-state index contributed by atoms with van der Waals surface area (Å²) in [5, 5.41) is 12.9. The Labute approximate surface area is 116 Å². The van der Waals surface area contributed by atoms with E-state index in [4.69, 9.17) is 9.63 Å². The van der Waals surface area contributed by atoms with Crippen molar-refractivity contribution in [2.45, 2.75) is 26.3 Å². The van der Waals surface area contributed by atoms with Crippen LogP contribution in [0.25, 0.3) is 0 Å². The first-order chi connectivity index (χ1) is 9.67. The molecule has 1 aromatic heterocycles.